The Hall–Kier alpha value is -2.45. The first-order valence-corrected chi connectivity index (χ1v) is 10.0. The van der Waals surface area contributed by atoms with Crippen LogP contribution >= 0.6 is 11.6 Å². The Balaban J connectivity index is 2.12. The summed E-state index contributed by atoms with van der Waals surface area (Å²) in [5.41, 5.74) is 3.11. The Morgan fingerprint density at radius 3 is 2.77 bits per heavy atom. The molecule has 0 saturated heterocycles. The second-order valence-corrected chi connectivity index (χ2v) is 8.76. The molecule has 0 fully saturated rings. The highest BCUT2D eigenvalue weighted by atomic mass is 35.5. The highest BCUT2D eigenvalue weighted by Crippen LogP contribution is 2.32. The second kappa shape index (κ2) is 5.78. The van der Waals surface area contributed by atoms with Crippen molar-refractivity contribution in [1.82, 2.24) is 24.1 Å². The van der Waals surface area contributed by atoms with Crippen molar-refractivity contribution in [3.63, 3.8) is 0 Å². The minimum Gasteiger partial charge on any atom is -0.310 e. The maximum atomic E-state index is 12.8. The van der Waals surface area contributed by atoms with Crippen molar-refractivity contribution in [2.75, 3.05) is 5.75 Å². The fourth-order valence-corrected chi connectivity index (χ4v) is 4.34. The Morgan fingerprint density at radius 1 is 1.27 bits per heavy atom. The SMILES string of the molecule is CCS(=O)(=O)c1c(-c2nc3cc(C)cnc3n2C)nn2cc(Cl)ccc12. The number of fused-ring (bicyclic) bond motifs is 2. The number of sulfone groups is 1. The van der Waals surface area contributed by atoms with E-state index in [0.29, 0.717) is 33.2 Å². The predicted octanol–water partition coefficient (Wildman–Crippen LogP) is 3.04. The van der Waals surface area contributed by atoms with Crippen LogP contribution in [-0.2, 0) is 16.9 Å². The number of hydrogen-bond acceptors (Lipinski definition) is 5. The van der Waals surface area contributed by atoms with Crippen LogP contribution in [0.3, 0.4) is 0 Å². The van der Waals surface area contributed by atoms with E-state index in [1.54, 1.807) is 43.1 Å². The molecule has 0 radical (unpaired) electrons. The van der Waals surface area contributed by atoms with Crippen molar-refractivity contribution in [2.45, 2.75) is 18.7 Å². The summed E-state index contributed by atoms with van der Waals surface area (Å²) in [6, 6.07) is 5.22. The molecule has 7 nitrogen and oxygen atoms in total. The molecule has 4 aromatic rings. The van der Waals surface area contributed by atoms with E-state index in [-0.39, 0.29) is 10.6 Å². The Labute approximate surface area is 155 Å². The summed E-state index contributed by atoms with van der Waals surface area (Å²) in [5, 5.41) is 4.95. The molecule has 0 saturated carbocycles. The molecule has 4 aromatic heterocycles. The summed E-state index contributed by atoms with van der Waals surface area (Å²) >= 11 is 6.05. The standard InChI is InChI=1S/C17H16ClN5O2S/c1-4-26(24,25)15-13-6-5-11(18)9-23(13)21-14(15)17-20-12-7-10(2)8-19-16(12)22(17)3/h5-9H,4H2,1-3H3. The zero-order valence-corrected chi connectivity index (χ0v) is 16.0. The van der Waals surface area contributed by atoms with E-state index in [2.05, 4.69) is 15.1 Å². The molecule has 134 valence electrons. The third kappa shape index (κ3) is 2.48. The third-order valence-electron chi connectivity index (χ3n) is 4.30. The van der Waals surface area contributed by atoms with Crippen LogP contribution in [0, 0.1) is 6.92 Å². The van der Waals surface area contributed by atoms with Gasteiger partial charge in [-0.15, -0.1) is 0 Å². The first-order chi connectivity index (χ1) is 12.3. The number of nitrogens with zero attached hydrogens (tertiary/aromatic N) is 5. The molecular formula is C17H16ClN5O2S. The molecule has 4 rings (SSSR count). The molecule has 0 N–H and O–H groups in total. The minimum atomic E-state index is -3.54. The summed E-state index contributed by atoms with van der Waals surface area (Å²) in [4.78, 5) is 9.16. The van der Waals surface area contributed by atoms with Gasteiger partial charge >= 0.3 is 0 Å². The molecule has 9 heteroatoms. The van der Waals surface area contributed by atoms with Crippen molar-refractivity contribution in [3.8, 4) is 11.5 Å². The molecule has 0 unspecified atom stereocenters. The lowest BCUT2D eigenvalue weighted by molar-refractivity contribution is 0.598. The average molecular weight is 390 g/mol. The van der Waals surface area contributed by atoms with Gasteiger partial charge < -0.3 is 4.57 Å². The summed E-state index contributed by atoms with van der Waals surface area (Å²) in [6.07, 6.45) is 3.33. The van der Waals surface area contributed by atoms with Crippen LogP contribution in [0.2, 0.25) is 5.02 Å². The molecule has 26 heavy (non-hydrogen) atoms. The molecule has 0 spiro atoms. The molecule has 0 atom stereocenters. The summed E-state index contributed by atoms with van der Waals surface area (Å²) in [5.74, 6) is 0.413. The predicted molar refractivity (Wildman–Crippen MR) is 100 cm³/mol. The van der Waals surface area contributed by atoms with Crippen molar-refractivity contribution >= 4 is 38.1 Å². The van der Waals surface area contributed by atoms with E-state index in [4.69, 9.17) is 11.6 Å². The molecule has 0 aliphatic rings. The van der Waals surface area contributed by atoms with Crippen LogP contribution in [-0.4, -0.2) is 38.3 Å². The van der Waals surface area contributed by atoms with Gasteiger partial charge in [0.2, 0.25) is 0 Å². The van der Waals surface area contributed by atoms with E-state index < -0.39 is 9.84 Å². The first kappa shape index (κ1) is 17.0. The Bertz CT molecular complexity index is 1270. The zero-order chi connectivity index (χ0) is 18.6. The number of imidazole rings is 1. The lowest BCUT2D eigenvalue weighted by atomic mass is 10.3. The van der Waals surface area contributed by atoms with Crippen LogP contribution in [0.15, 0.2) is 35.5 Å². The van der Waals surface area contributed by atoms with Crippen LogP contribution < -0.4 is 0 Å². The van der Waals surface area contributed by atoms with Gasteiger partial charge in [0.15, 0.2) is 21.3 Å². The summed E-state index contributed by atoms with van der Waals surface area (Å²) in [7, 11) is -1.74. The summed E-state index contributed by atoms with van der Waals surface area (Å²) < 4.78 is 28.8. The topological polar surface area (TPSA) is 82.1 Å². The molecule has 4 heterocycles. The monoisotopic (exact) mass is 389 g/mol. The molecule has 0 aliphatic carbocycles. The van der Waals surface area contributed by atoms with Gasteiger partial charge in [-0.05, 0) is 30.7 Å². The highest BCUT2D eigenvalue weighted by Gasteiger charge is 2.28. The lowest BCUT2D eigenvalue weighted by Crippen LogP contribution is -2.06. The quantitative estimate of drug-likeness (QED) is 0.537. The number of halogens is 1. The molecular weight excluding hydrogens is 374 g/mol. The average Bonchev–Trinajstić information content (AvgIpc) is 3.12. The van der Waals surface area contributed by atoms with Crippen molar-refractivity contribution in [1.29, 1.82) is 0 Å². The minimum absolute atomic E-state index is 0.0364. The summed E-state index contributed by atoms with van der Waals surface area (Å²) in [6.45, 7) is 3.54. The molecule has 0 amide bonds. The van der Waals surface area contributed by atoms with E-state index in [1.807, 2.05) is 13.0 Å². The smallest absolute Gasteiger partial charge is 0.182 e. The van der Waals surface area contributed by atoms with Crippen LogP contribution in [0.25, 0.3) is 28.2 Å². The van der Waals surface area contributed by atoms with Crippen LogP contribution in [0.4, 0.5) is 0 Å². The van der Waals surface area contributed by atoms with Crippen molar-refractivity contribution < 1.29 is 8.42 Å². The van der Waals surface area contributed by atoms with Gasteiger partial charge in [-0.25, -0.2) is 22.9 Å². The third-order valence-corrected chi connectivity index (χ3v) is 6.31. The zero-order valence-electron chi connectivity index (χ0n) is 14.4. The van der Waals surface area contributed by atoms with Crippen LogP contribution in [0.1, 0.15) is 12.5 Å². The number of aryl methyl sites for hydroxylation is 2. The van der Waals surface area contributed by atoms with E-state index in [9.17, 15) is 8.42 Å². The fraction of sp³-hybridized carbons (Fsp3) is 0.235. The van der Waals surface area contributed by atoms with Gasteiger partial charge in [0.05, 0.1) is 16.3 Å². The highest BCUT2D eigenvalue weighted by molar-refractivity contribution is 7.91. The maximum absolute atomic E-state index is 12.8. The molecule has 0 aliphatic heterocycles. The lowest BCUT2D eigenvalue weighted by Gasteiger charge is -2.03. The number of pyridine rings is 2. The largest absolute Gasteiger partial charge is 0.310 e. The number of aromatic nitrogens is 5. The van der Waals surface area contributed by atoms with E-state index in [1.165, 1.54) is 4.52 Å². The van der Waals surface area contributed by atoms with E-state index >= 15 is 0 Å². The second-order valence-electron chi connectivity index (χ2n) is 6.11. The van der Waals surface area contributed by atoms with Gasteiger partial charge in [0.1, 0.15) is 16.1 Å². The van der Waals surface area contributed by atoms with Crippen molar-refractivity contribution in [2.24, 2.45) is 7.05 Å². The fourth-order valence-electron chi connectivity index (χ4n) is 2.99. The molecule has 0 aromatic carbocycles. The van der Waals surface area contributed by atoms with Crippen molar-refractivity contribution in [3.05, 3.63) is 41.2 Å². The number of rotatable bonds is 3. The van der Waals surface area contributed by atoms with Gasteiger partial charge in [0.25, 0.3) is 0 Å². The van der Waals surface area contributed by atoms with E-state index in [0.717, 1.165) is 5.56 Å². The first-order valence-electron chi connectivity index (χ1n) is 8.02. The maximum Gasteiger partial charge on any atom is 0.182 e. The Morgan fingerprint density at radius 2 is 2.04 bits per heavy atom. The Kier molecular flexibility index (Phi) is 3.78. The van der Waals surface area contributed by atoms with Gasteiger partial charge in [-0.3, -0.25) is 0 Å². The van der Waals surface area contributed by atoms with Gasteiger partial charge in [-0.2, -0.15) is 5.10 Å². The molecule has 0 bridgehead atoms. The van der Waals surface area contributed by atoms with Gasteiger partial charge in [-0.1, -0.05) is 18.5 Å². The van der Waals surface area contributed by atoms with Crippen LogP contribution in [0.5, 0.6) is 0 Å². The normalized spacial score (nSPS) is 12.3. The number of hydrogen-bond donors (Lipinski definition) is 0. The van der Waals surface area contributed by atoms with Gasteiger partial charge in [0, 0.05) is 19.4 Å².